The number of benzene rings is 1. The molecule has 2 nitrogen and oxygen atoms in total. The topological polar surface area (TPSA) is 18.5 Å². The fraction of sp³-hybridized carbons (Fsp3) is 0.333. The average Bonchev–Trinajstić information content (AvgIpc) is 2.27. The Balaban J connectivity index is 2.32. The van der Waals surface area contributed by atoms with Gasteiger partial charge in [0.25, 0.3) is 0 Å². The van der Waals surface area contributed by atoms with Gasteiger partial charge in [0.2, 0.25) is 0 Å². The lowest BCUT2D eigenvalue weighted by molar-refractivity contribution is 0.141. The van der Waals surface area contributed by atoms with Crippen molar-refractivity contribution in [1.29, 1.82) is 0 Å². The molecule has 74 valence electrons. The van der Waals surface area contributed by atoms with Crippen LogP contribution in [-0.4, -0.2) is 20.3 Å². The largest absolute Gasteiger partial charge is 0.497 e. The predicted octanol–water partition coefficient (Wildman–Crippen LogP) is 2.28. The first kappa shape index (κ1) is 9.28. The molecular formula is C12H14O2. The predicted molar refractivity (Wildman–Crippen MR) is 56.5 cm³/mol. The second-order valence-corrected chi connectivity index (χ2v) is 3.40. The van der Waals surface area contributed by atoms with E-state index < -0.39 is 0 Å². The molecule has 2 rings (SSSR count). The van der Waals surface area contributed by atoms with E-state index in [9.17, 15) is 0 Å². The van der Waals surface area contributed by atoms with E-state index in [0.717, 1.165) is 12.2 Å². The molecule has 0 N–H and O–H groups in total. The highest BCUT2D eigenvalue weighted by Crippen LogP contribution is 2.24. The summed E-state index contributed by atoms with van der Waals surface area (Å²) in [6, 6.07) is 6.14. The van der Waals surface area contributed by atoms with Gasteiger partial charge in [-0.15, -0.1) is 0 Å². The number of rotatable bonds is 2. The van der Waals surface area contributed by atoms with Crippen LogP contribution in [0.1, 0.15) is 11.1 Å². The normalized spacial score (nSPS) is 19.1. The van der Waals surface area contributed by atoms with E-state index in [1.54, 1.807) is 14.2 Å². The highest BCUT2D eigenvalue weighted by Gasteiger charge is 2.13. The van der Waals surface area contributed by atoms with Crippen molar-refractivity contribution in [3.63, 3.8) is 0 Å². The first-order valence-corrected chi connectivity index (χ1v) is 4.71. The van der Waals surface area contributed by atoms with Gasteiger partial charge in [0.15, 0.2) is 0 Å². The van der Waals surface area contributed by atoms with Crippen molar-refractivity contribution in [2.75, 3.05) is 14.2 Å². The molecule has 0 saturated carbocycles. The van der Waals surface area contributed by atoms with Crippen LogP contribution in [0.2, 0.25) is 0 Å². The molecule has 0 radical (unpaired) electrons. The molecule has 2 heteroatoms. The molecule has 0 saturated heterocycles. The summed E-state index contributed by atoms with van der Waals surface area (Å²) in [5, 5.41) is 0. The van der Waals surface area contributed by atoms with Crippen molar-refractivity contribution in [3.8, 4) is 5.75 Å². The third kappa shape index (κ3) is 1.66. The van der Waals surface area contributed by atoms with Gasteiger partial charge in [0.1, 0.15) is 5.75 Å². The Morgan fingerprint density at radius 1 is 1.29 bits per heavy atom. The highest BCUT2D eigenvalue weighted by atomic mass is 16.5. The van der Waals surface area contributed by atoms with Crippen LogP contribution in [0.3, 0.4) is 0 Å². The minimum atomic E-state index is 0.203. The monoisotopic (exact) mass is 190 g/mol. The van der Waals surface area contributed by atoms with Crippen LogP contribution in [0, 0.1) is 0 Å². The van der Waals surface area contributed by atoms with Gasteiger partial charge in [-0.05, 0) is 23.3 Å². The summed E-state index contributed by atoms with van der Waals surface area (Å²) in [6.45, 7) is 0. The lowest BCUT2D eigenvalue weighted by Crippen LogP contribution is -2.14. The molecule has 1 aliphatic rings. The van der Waals surface area contributed by atoms with Crippen molar-refractivity contribution in [1.82, 2.24) is 0 Å². The molecule has 0 heterocycles. The number of fused-ring (bicyclic) bond motifs is 1. The molecule has 1 unspecified atom stereocenters. The highest BCUT2D eigenvalue weighted by molar-refractivity contribution is 5.58. The first-order chi connectivity index (χ1) is 6.83. The Morgan fingerprint density at radius 3 is 2.86 bits per heavy atom. The van der Waals surface area contributed by atoms with E-state index >= 15 is 0 Å². The van der Waals surface area contributed by atoms with Gasteiger partial charge in [-0.25, -0.2) is 0 Å². The molecule has 14 heavy (non-hydrogen) atoms. The van der Waals surface area contributed by atoms with Gasteiger partial charge in [0.05, 0.1) is 13.2 Å². The first-order valence-electron chi connectivity index (χ1n) is 4.71. The molecule has 1 aromatic carbocycles. The maximum Gasteiger partial charge on any atom is 0.119 e. The molecule has 0 aliphatic heterocycles. The van der Waals surface area contributed by atoms with E-state index in [-0.39, 0.29) is 6.10 Å². The van der Waals surface area contributed by atoms with Crippen LogP contribution < -0.4 is 4.74 Å². The van der Waals surface area contributed by atoms with Crippen molar-refractivity contribution >= 4 is 6.08 Å². The maximum absolute atomic E-state index is 5.29. The van der Waals surface area contributed by atoms with Crippen molar-refractivity contribution in [3.05, 3.63) is 35.4 Å². The Labute approximate surface area is 84.2 Å². The van der Waals surface area contributed by atoms with Crippen molar-refractivity contribution < 1.29 is 9.47 Å². The second-order valence-electron chi connectivity index (χ2n) is 3.40. The van der Waals surface area contributed by atoms with Gasteiger partial charge in [-0.1, -0.05) is 18.2 Å². The zero-order chi connectivity index (χ0) is 9.97. The Morgan fingerprint density at radius 2 is 2.14 bits per heavy atom. The molecule has 1 atom stereocenters. The molecular weight excluding hydrogens is 176 g/mol. The van der Waals surface area contributed by atoms with Crippen molar-refractivity contribution in [2.45, 2.75) is 12.5 Å². The summed E-state index contributed by atoms with van der Waals surface area (Å²) < 4.78 is 10.5. The van der Waals surface area contributed by atoms with Crippen LogP contribution >= 0.6 is 0 Å². The average molecular weight is 190 g/mol. The minimum absolute atomic E-state index is 0.203. The fourth-order valence-electron chi connectivity index (χ4n) is 1.71. The van der Waals surface area contributed by atoms with Gasteiger partial charge >= 0.3 is 0 Å². The van der Waals surface area contributed by atoms with E-state index in [1.165, 1.54) is 11.1 Å². The van der Waals surface area contributed by atoms with E-state index in [2.05, 4.69) is 24.3 Å². The van der Waals surface area contributed by atoms with Gasteiger partial charge in [0, 0.05) is 13.5 Å². The lowest BCUT2D eigenvalue weighted by atomic mass is 9.95. The fourth-order valence-corrected chi connectivity index (χ4v) is 1.71. The smallest absolute Gasteiger partial charge is 0.119 e. The van der Waals surface area contributed by atoms with Crippen molar-refractivity contribution in [2.24, 2.45) is 0 Å². The third-order valence-electron chi connectivity index (χ3n) is 2.56. The summed E-state index contributed by atoms with van der Waals surface area (Å²) in [6.07, 6.45) is 5.33. The number of hydrogen-bond donors (Lipinski definition) is 0. The van der Waals surface area contributed by atoms with E-state index in [0.29, 0.717) is 0 Å². The van der Waals surface area contributed by atoms with Crippen LogP contribution in [0.5, 0.6) is 5.75 Å². The van der Waals surface area contributed by atoms with Crippen LogP contribution in [0.25, 0.3) is 6.08 Å². The molecule has 1 aromatic rings. The van der Waals surface area contributed by atoms with Crippen LogP contribution in [0.4, 0.5) is 0 Å². The summed E-state index contributed by atoms with van der Waals surface area (Å²) >= 11 is 0. The standard InChI is InChI=1S/C12H14O2/c1-13-11-5-3-9-4-6-12(14-2)8-10(9)7-11/h3-7,12H,8H2,1-2H3. The number of ether oxygens (including phenoxy) is 2. The Hall–Kier alpha value is -1.28. The number of hydrogen-bond acceptors (Lipinski definition) is 2. The summed E-state index contributed by atoms with van der Waals surface area (Å²) in [4.78, 5) is 0. The zero-order valence-electron chi connectivity index (χ0n) is 8.49. The summed E-state index contributed by atoms with van der Waals surface area (Å²) in [5.41, 5.74) is 2.55. The molecule has 0 aromatic heterocycles. The van der Waals surface area contributed by atoms with Crippen LogP contribution in [0.15, 0.2) is 24.3 Å². The van der Waals surface area contributed by atoms with Gasteiger partial charge < -0.3 is 9.47 Å². The van der Waals surface area contributed by atoms with E-state index in [1.807, 2.05) is 6.07 Å². The SMILES string of the molecule is COc1ccc2c(c1)CC(OC)C=C2. The third-order valence-corrected chi connectivity index (χ3v) is 2.56. The molecule has 0 bridgehead atoms. The minimum Gasteiger partial charge on any atom is -0.497 e. The second kappa shape index (κ2) is 3.84. The van der Waals surface area contributed by atoms with Gasteiger partial charge in [-0.3, -0.25) is 0 Å². The molecule has 0 spiro atoms. The van der Waals surface area contributed by atoms with E-state index in [4.69, 9.17) is 9.47 Å². The molecule has 1 aliphatic carbocycles. The lowest BCUT2D eigenvalue weighted by Gasteiger charge is -2.18. The summed E-state index contributed by atoms with van der Waals surface area (Å²) in [5.74, 6) is 0.911. The summed E-state index contributed by atoms with van der Waals surface area (Å²) in [7, 11) is 3.42. The van der Waals surface area contributed by atoms with Gasteiger partial charge in [-0.2, -0.15) is 0 Å². The Bertz CT molecular complexity index is 355. The Kier molecular flexibility index (Phi) is 2.55. The van der Waals surface area contributed by atoms with Crippen LogP contribution in [-0.2, 0) is 11.2 Å². The quantitative estimate of drug-likeness (QED) is 0.712. The zero-order valence-corrected chi connectivity index (χ0v) is 8.49. The number of methoxy groups -OCH3 is 2. The maximum atomic E-state index is 5.29. The molecule has 0 amide bonds. The molecule has 0 fully saturated rings.